The molecule has 0 spiro atoms. The number of aromatic nitrogens is 4. The van der Waals surface area contributed by atoms with E-state index in [0.717, 1.165) is 11.4 Å². The van der Waals surface area contributed by atoms with E-state index in [1.807, 2.05) is 20.0 Å². The van der Waals surface area contributed by atoms with Gasteiger partial charge < -0.3 is 0 Å². The Hall–Kier alpha value is -1.34. The summed E-state index contributed by atoms with van der Waals surface area (Å²) >= 11 is 0. The molecule has 0 saturated carbocycles. The van der Waals surface area contributed by atoms with Crippen LogP contribution in [0.15, 0.2) is 11.0 Å². The molecule has 0 aliphatic rings. The van der Waals surface area contributed by atoms with E-state index >= 15 is 0 Å². The van der Waals surface area contributed by atoms with Crippen molar-refractivity contribution in [1.82, 2.24) is 19.6 Å². The minimum atomic E-state index is -3.77. The van der Waals surface area contributed by atoms with Crippen molar-refractivity contribution in [2.75, 3.05) is 0 Å². The van der Waals surface area contributed by atoms with Crippen LogP contribution in [0.1, 0.15) is 22.8 Å². The highest BCUT2D eigenvalue weighted by molar-refractivity contribution is 8.13. The summed E-state index contributed by atoms with van der Waals surface area (Å²) in [5.41, 5.74) is 2.79. The van der Waals surface area contributed by atoms with Crippen molar-refractivity contribution in [3.8, 4) is 0 Å². The second-order valence-corrected chi connectivity index (χ2v) is 7.00. The standard InChI is InChI=1S/C11H15ClN4O2S/c1-7-5-10(15(4)13-7)6-16-9(3)11(8(2)14-16)19(12,17)18/h5H,6H2,1-4H3. The van der Waals surface area contributed by atoms with Crippen LogP contribution in [-0.2, 0) is 22.6 Å². The fourth-order valence-electron chi connectivity index (χ4n) is 2.15. The van der Waals surface area contributed by atoms with Gasteiger partial charge in [-0.15, -0.1) is 0 Å². The maximum absolute atomic E-state index is 11.5. The topological polar surface area (TPSA) is 69.8 Å². The van der Waals surface area contributed by atoms with Gasteiger partial charge in [-0.05, 0) is 26.8 Å². The van der Waals surface area contributed by atoms with Crippen LogP contribution in [-0.4, -0.2) is 28.0 Å². The molecule has 0 aromatic carbocycles. The van der Waals surface area contributed by atoms with Gasteiger partial charge in [0.05, 0.1) is 29.3 Å². The SMILES string of the molecule is Cc1cc(Cn2nc(C)c(S(=O)(=O)Cl)c2C)n(C)n1. The van der Waals surface area contributed by atoms with Crippen LogP contribution in [0.4, 0.5) is 0 Å². The lowest BCUT2D eigenvalue weighted by Crippen LogP contribution is -2.08. The van der Waals surface area contributed by atoms with Crippen molar-refractivity contribution in [2.45, 2.75) is 32.2 Å². The van der Waals surface area contributed by atoms with Crippen molar-refractivity contribution in [1.29, 1.82) is 0 Å². The smallest absolute Gasteiger partial charge is 0.264 e. The Morgan fingerprint density at radius 1 is 1.26 bits per heavy atom. The summed E-state index contributed by atoms with van der Waals surface area (Å²) in [6.45, 7) is 5.68. The quantitative estimate of drug-likeness (QED) is 0.806. The van der Waals surface area contributed by atoms with E-state index in [0.29, 0.717) is 17.9 Å². The first-order valence-corrected chi connectivity index (χ1v) is 7.99. The van der Waals surface area contributed by atoms with Gasteiger partial charge >= 0.3 is 0 Å². The number of hydrogen-bond donors (Lipinski definition) is 0. The Labute approximate surface area is 116 Å². The highest BCUT2D eigenvalue weighted by Gasteiger charge is 2.22. The van der Waals surface area contributed by atoms with Crippen molar-refractivity contribution >= 4 is 19.7 Å². The Bertz CT molecular complexity index is 730. The average molecular weight is 303 g/mol. The van der Waals surface area contributed by atoms with Gasteiger partial charge in [0.25, 0.3) is 9.05 Å². The van der Waals surface area contributed by atoms with Crippen molar-refractivity contribution in [3.05, 3.63) is 28.8 Å². The Morgan fingerprint density at radius 2 is 1.89 bits per heavy atom. The van der Waals surface area contributed by atoms with E-state index in [1.165, 1.54) is 0 Å². The van der Waals surface area contributed by atoms with Crippen LogP contribution >= 0.6 is 10.7 Å². The normalized spacial score (nSPS) is 12.1. The summed E-state index contributed by atoms with van der Waals surface area (Å²) in [5, 5.41) is 8.48. The third kappa shape index (κ3) is 2.66. The zero-order valence-corrected chi connectivity index (χ0v) is 12.7. The number of halogens is 1. The van der Waals surface area contributed by atoms with Crippen LogP contribution < -0.4 is 0 Å². The second-order valence-electron chi connectivity index (χ2n) is 4.50. The lowest BCUT2D eigenvalue weighted by molar-refractivity contribution is 0.598. The molecule has 8 heteroatoms. The summed E-state index contributed by atoms with van der Waals surface area (Å²) in [6.07, 6.45) is 0. The van der Waals surface area contributed by atoms with E-state index in [2.05, 4.69) is 10.2 Å². The largest absolute Gasteiger partial charge is 0.270 e. The van der Waals surface area contributed by atoms with Crippen LogP contribution in [0.5, 0.6) is 0 Å². The van der Waals surface area contributed by atoms with Crippen LogP contribution in [0, 0.1) is 20.8 Å². The summed E-state index contributed by atoms with van der Waals surface area (Å²) in [5.74, 6) is 0. The van der Waals surface area contributed by atoms with Crippen LogP contribution in [0.25, 0.3) is 0 Å². The zero-order chi connectivity index (χ0) is 14.4. The molecule has 0 aliphatic carbocycles. The number of rotatable bonds is 3. The number of aryl methyl sites for hydroxylation is 3. The van der Waals surface area contributed by atoms with Crippen molar-refractivity contribution in [3.63, 3.8) is 0 Å². The summed E-state index contributed by atoms with van der Waals surface area (Å²) < 4.78 is 26.4. The zero-order valence-electron chi connectivity index (χ0n) is 11.2. The molecule has 0 radical (unpaired) electrons. The Morgan fingerprint density at radius 3 is 2.32 bits per heavy atom. The van der Waals surface area contributed by atoms with Gasteiger partial charge in [0.15, 0.2) is 0 Å². The van der Waals surface area contributed by atoms with Crippen molar-refractivity contribution in [2.24, 2.45) is 7.05 Å². The van der Waals surface area contributed by atoms with E-state index in [-0.39, 0.29) is 4.90 Å². The minimum absolute atomic E-state index is 0.0908. The first-order chi connectivity index (χ1) is 8.70. The Balaban J connectivity index is 2.46. The molecule has 0 bridgehead atoms. The van der Waals surface area contributed by atoms with Crippen LogP contribution in [0.2, 0.25) is 0 Å². The van der Waals surface area contributed by atoms with E-state index in [1.54, 1.807) is 23.2 Å². The van der Waals surface area contributed by atoms with E-state index in [4.69, 9.17) is 10.7 Å². The molecule has 19 heavy (non-hydrogen) atoms. The molecule has 0 fully saturated rings. The molecular weight excluding hydrogens is 288 g/mol. The second kappa shape index (κ2) is 4.64. The molecule has 2 heterocycles. The molecule has 0 amide bonds. The third-order valence-electron chi connectivity index (χ3n) is 2.97. The molecule has 0 saturated heterocycles. The maximum Gasteiger partial charge on any atom is 0.264 e. The van der Waals surface area contributed by atoms with Gasteiger partial charge in [0, 0.05) is 17.7 Å². The average Bonchev–Trinajstić information content (AvgIpc) is 2.67. The first-order valence-electron chi connectivity index (χ1n) is 5.68. The highest BCUT2D eigenvalue weighted by atomic mass is 35.7. The molecule has 0 aliphatic heterocycles. The van der Waals surface area contributed by atoms with Gasteiger partial charge in [-0.1, -0.05) is 0 Å². The van der Waals surface area contributed by atoms with Crippen LogP contribution in [0.3, 0.4) is 0 Å². The molecule has 0 unspecified atom stereocenters. The van der Waals surface area contributed by atoms with Gasteiger partial charge in [-0.2, -0.15) is 10.2 Å². The van der Waals surface area contributed by atoms with Gasteiger partial charge in [0.2, 0.25) is 0 Å². The molecule has 2 rings (SSSR count). The fourth-order valence-corrected chi connectivity index (χ4v) is 3.67. The van der Waals surface area contributed by atoms with E-state index < -0.39 is 9.05 Å². The number of nitrogens with zero attached hydrogens (tertiary/aromatic N) is 4. The Kier molecular flexibility index (Phi) is 3.44. The summed E-state index contributed by atoms with van der Waals surface area (Å²) in [6, 6.07) is 1.94. The molecule has 2 aromatic rings. The van der Waals surface area contributed by atoms with Gasteiger partial charge in [-0.25, -0.2) is 8.42 Å². The lowest BCUT2D eigenvalue weighted by Gasteiger charge is -2.05. The molecular formula is C11H15ClN4O2S. The lowest BCUT2D eigenvalue weighted by atomic mass is 10.3. The third-order valence-corrected chi connectivity index (χ3v) is 4.51. The highest BCUT2D eigenvalue weighted by Crippen LogP contribution is 2.23. The minimum Gasteiger partial charge on any atom is -0.270 e. The molecule has 6 nitrogen and oxygen atoms in total. The molecule has 0 N–H and O–H groups in total. The van der Waals surface area contributed by atoms with Gasteiger partial charge in [-0.3, -0.25) is 9.36 Å². The van der Waals surface area contributed by atoms with Gasteiger partial charge in [0.1, 0.15) is 4.90 Å². The molecule has 104 valence electrons. The monoisotopic (exact) mass is 302 g/mol. The molecule has 0 atom stereocenters. The summed E-state index contributed by atoms with van der Waals surface area (Å²) in [4.78, 5) is 0.0908. The maximum atomic E-state index is 11.5. The van der Waals surface area contributed by atoms with Crippen molar-refractivity contribution < 1.29 is 8.42 Å². The first kappa shape index (κ1) is 14.1. The predicted molar refractivity (Wildman–Crippen MR) is 71.8 cm³/mol. The summed E-state index contributed by atoms with van der Waals surface area (Å²) in [7, 11) is 3.49. The fraction of sp³-hybridized carbons (Fsp3) is 0.455. The number of hydrogen-bond acceptors (Lipinski definition) is 4. The van der Waals surface area contributed by atoms with E-state index in [9.17, 15) is 8.42 Å². The predicted octanol–water partition coefficient (Wildman–Crippen LogP) is 1.52. The molecule has 2 aromatic heterocycles.